The predicted molar refractivity (Wildman–Crippen MR) is 157 cm³/mol. The minimum absolute atomic E-state index is 0.117. The van der Waals surface area contributed by atoms with Gasteiger partial charge in [-0.25, -0.2) is 0 Å². The molecule has 4 aromatic rings. The van der Waals surface area contributed by atoms with Gasteiger partial charge in [0, 0.05) is 57.7 Å². The Labute approximate surface area is 238 Å². The van der Waals surface area contributed by atoms with Gasteiger partial charge < -0.3 is 31.2 Å². The highest BCUT2D eigenvalue weighted by Gasteiger charge is 2.32. The third-order valence-corrected chi connectivity index (χ3v) is 6.85. The van der Waals surface area contributed by atoms with Gasteiger partial charge in [0.2, 0.25) is 0 Å². The first-order valence-corrected chi connectivity index (χ1v) is 13.0. The van der Waals surface area contributed by atoms with E-state index in [1.807, 2.05) is 30.3 Å². The Morgan fingerprint density at radius 1 is 0.976 bits per heavy atom. The van der Waals surface area contributed by atoms with Gasteiger partial charge in [-0.3, -0.25) is 9.59 Å². The number of rotatable bonds is 6. The highest BCUT2D eigenvalue weighted by Crippen LogP contribution is 2.36. The van der Waals surface area contributed by atoms with Crippen molar-refractivity contribution in [3.05, 3.63) is 113 Å². The van der Waals surface area contributed by atoms with Crippen LogP contribution >= 0.6 is 0 Å². The number of carbonyl (C=O) groups is 2. The van der Waals surface area contributed by atoms with Crippen molar-refractivity contribution in [2.75, 3.05) is 27.5 Å². The Morgan fingerprint density at radius 2 is 1.79 bits per heavy atom. The van der Waals surface area contributed by atoms with Crippen LogP contribution in [-0.2, 0) is 11.0 Å². The van der Waals surface area contributed by atoms with E-state index in [1.165, 1.54) is 6.07 Å². The Morgan fingerprint density at radius 3 is 2.52 bits per heavy atom. The number of hydrogen-bond acceptors (Lipinski definition) is 5. The highest BCUT2D eigenvalue weighted by molar-refractivity contribution is 6.35. The van der Waals surface area contributed by atoms with Crippen molar-refractivity contribution in [1.29, 1.82) is 0 Å². The van der Waals surface area contributed by atoms with Crippen molar-refractivity contribution in [2.45, 2.75) is 13.1 Å². The molecule has 1 aromatic heterocycles. The fourth-order valence-corrected chi connectivity index (χ4v) is 4.82. The lowest BCUT2D eigenvalue weighted by atomic mass is 10.1. The summed E-state index contributed by atoms with van der Waals surface area (Å²) < 4.78 is 41.0. The minimum atomic E-state index is -4.62. The molecule has 0 saturated heterocycles. The Balaban J connectivity index is 1.20. The molecule has 0 bridgehead atoms. The lowest BCUT2D eigenvalue weighted by molar-refractivity contribution is -0.137. The molecule has 0 saturated carbocycles. The molecule has 42 heavy (non-hydrogen) atoms. The summed E-state index contributed by atoms with van der Waals surface area (Å²) in [6.07, 6.45) is 0.642. The first kappa shape index (κ1) is 26.8. The van der Waals surface area contributed by atoms with Gasteiger partial charge in [0.1, 0.15) is 0 Å². The van der Waals surface area contributed by atoms with E-state index in [-0.39, 0.29) is 17.2 Å². The second-order valence-electron chi connectivity index (χ2n) is 9.94. The van der Waals surface area contributed by atoms with Crippen LogP contribution in [0.2, 0.25) is 0 Å². The lowest BCUT2D eigenvalue weighted by Crippen LogP contribution is -2.22. The summed E-state index contributed by atoms with van der Waals surface area (Å²) in [5.41, 5.74) is 4.56. The number of carbonyl (C=O) groups excluding carboxylic acids is 2. The molecule has 0 radical (unpaired) electrons. The number of benzene rings is 3. The maximum Gasteiger partial charge on any atom is 0.416 e. The summed E-state index contributed by atoms with van der Waals surface area (Å²) in [5.74, 6) is -0.875. The van der Waals surface area contributed by atoms with E-state index in [4.69, 9.17) is 0 Å². The molecule has 0 atom stereocenters. The number of allylic oxidation sites excluding steroid dienone is 1. The van der Waals surface area contributed by atoms with Gasteiger partial charge in [0.05, 0.1) is 23.5 Å². The first-order chi connectivity index (χ1) is 20.1. The zero-order valence-corrected chi connectivity index (χ0v) is 22.3. The number of anilines is 5. The molecule has 3 aromatic carbocycles. The number of hydrogen-bond donors (Lipinski definition) is 5. The average Bonchev–Trinajstić information content (AvgIpc) is 3.69. The molecular formula is C31H25F3N6O2. The van der Waals surface area contributed by atoms with Crippen LogP contribution in [0.1, 0.15) is 34.1 Å². The maximum absolute atomic E-state index is 13.7. The number of H-pyrrole nitrogens is 1. The number of nitrogens with one attached hydrogen (secondary N) is 5. The van der Waals surface area contributed by atoms with E-state index in [9.17, 15) is 22.8 Å². The summed E-state index contributed by atoms with van der Waals surface area (Å²) in [6.45, 7) is 2.11. The smallest absolute Gasteiger partial charge is 0.370 e. The molecule has 2 amide bonds. The van der Waals surface area contributed by atoms with Gasteiger partial charge in [0.25, 0.3) is 11.8 Å². The predicted octanol–water partition coefficient (Wildman–Crippen LogP) is 6.75. The van der Waals surface area contributed by atoms with Crippen LogP contribution in [0.15, 0.2) is 90.9 Å². The number of amides is 2. The van der Waals surface area contributed by atoms with Crippen LogP contribution in [0.5, 0.6) is 0 Å². The molecular weight excluding hydrogens is 545 g/mol. The number of nitrogens with zero attached hydrogens (tertiary/aromatic N) is 1. The van der Waals surface area contributed by atoms with E-state index in [2.05, 4.69) is 26.3 Å². The fourth-order valence-electron chi connectivity index (χ4n) is 4.82. The molecule has 11 heteroatoms. The van der Waals surface area contributed by atoms with Crippen LogP contribution in [0, 0.1) is 0 Å². The molecule has 6 rings (SSSR count). The molecule has 8 nitrogen and oxygen atoms in total. The van der Waals surface area contributed by atoms with E-state index in [0.29, 0.717) is 35.0 Å². The standard InChI is InChI=1S/C31H25F3N6O2/c1-18-16-40(17-36-18)25-11-19(10-20(12-25)31(32,33)34)29(41)38-23-5-2-4-22(13-23)37-24-7-8-26-27(14-21-6-3-9-35-21)30(42)39-28(26)15-24/h2-16,35-37H,17H2,1H3,(H,38,41)(H,39,42)/b27-14-. The van der Waals surface area contributed by atoms with Gasteiger partial charge in [-0.05, 0) is 73.7 Å². The van der Waals surface area contributed by atoms with E-state index < -0.39 is 17.6 Å². The number of aromatic nitrogens is 1. The summed E-state index contributed by atoms with van der Waals surface area (Å²) in [6, 6.07) is 19.3. The summed E-state index contributed by atoms with van der Waals surface area (Å²) >= 11 is 0. The van der Waals surface area contributed by atoms with Crippen molar-refractivity contribution < 1.29 is 22.8 Å². The average molecular weight is 571 g/mol. The van der Waals surface area contributed by atoms with E-state index in [1.54, 1.807) is 54.6 Å². The molecule has 5 N–H and O–H groups in total. The largest absolute Gasteiger partial charge is 0.416 e. The van der Waals surface area contributed by atoms with Gasteiger partial charge in [-0.15, -0.1) is 0 Å². The van der Waals surface area contributed by atoms with Crippen molar-refractivity contribution in [2.24, 2.45) is 0 Å². The molecule has 0 aliphatic carbocycles. The van der Waals surface area contributed by atoms with Gasteiger partial charge in [0.15, 0.2) is 0 Å². The van der Waals surface area contributed by atoms with Crippen molar-refractivity contribution in [3.8, 4) is 0 Å². The number of alkyl halides is 3. The monoisotopic (exact) mass is 570 g/mol. The second-order valence-corrected chi connectivity index (χ2v) is 9.94. The molecule has 3 heterocycles. The lowest BCUT2D eigenvalue weighted by Gasteiger charge is -2.19. The first-order valence-electron chi connectivity index (χ1n) is 13.0. The fraction of sp³-hybridized carbons (Fsp3) is 0.0968. The Hall–Kier alpha value is -5.45. The van der Waals surface area contributed by atoms with Crippen molar-refractivity contribution in [1.82, 2.24) is 10.3 Å². The highest BCUT2D eigenvalue weighted by atomic mass is 19.4. The zero-order chi connectivity index (χ0) is 29.4. The van der Waals surface area contributed by atoms with Crippen LogP contribution in [0.25, 0.3) is 11.6 Å². The zero-order valence-electron chi connectivity index (χ0n) is 22.3. The topological polar surface area (TPSA) is 101 Å². The maximum atomic E-state index is 13.7. The normalized spacial score (nSPS) is 15.2. The summed E-state index contributed by atoms with van der Waals surface area (Å²) in [7, 11) is 0. The number of fused-ring (bicyclic) bond motifs is 1. The third kappa shape index (κ3) is 5.57. The van der Waals surface area contributed by atoms with Crippen LogP contribution < -0.4 is 26.2 Å². The van der Waals surface area contributed by atoms with Gasteiger partial charge >= 0.3 is 6.18 Å². The third-order valence-electron chi connectivity index (χ3n) is 6.85. The number of halogens is 3. The van der Waals surface area contributed by atoms with Crippen LogP contribution in [0.3, 0.4) is 0 Å². The molecule has 0 unspecified atom stereocenters. The van der Waals surface area contributed by atoms with Crippen molar-refractivity contribution in [3.63, 3.8) is 0 Å². The molecule has 0 fully saturated rings. The summed E-state index contributed by atoms with van der Waals surface area (Å²) in [5, 5.41) is 11.9. The second kappa shape index (κ2) is 10.5. The van der Waals surface area contributed by atoms with Gasteiger partial charge in [-0.1, -0.05) is 12.1 Å². The Bertz CT molecular complexity index is 1760. The van der Waals surface area contributed by atoms with Crippen LogP contribution in [0.4, 0.5) is 41.6 Å². The molecule has 212 valence electrons. The minimum Gasteiger partial charge on any atom is -0.370 e. The van der Waals surface area contributed by atoms with E-state index in [0.717, 1.165) is 29.1 Å². The molecule has 0 spiro atoms. The van der Waals surface area contributed by atoms with Gasteiger partial charge in [-0.2, -0.15) is 13.2 Å². The van der Waals surface area contributed by atoms with Crippen molar-refractivity contribution >= 4 is 51.9 Å². The van der Waals surface area contributed by atoms with E-state index >= 15 is 0 Å². The quantitative estimate of drug-likeness (QED) is 0.165. The SMILES string of the molecule is CC1=CN(c2cc(C(=O)Nc3cccc(Nc4ccc5c(c4)NC(=O)/C5=C\c4ccc[nH]4)c3)cc(C(F)(F)F)c2)CN1. The number of aromatic amines is 1. The Kier molecular flexibility index (Phi) is 6.69. The molecule has 2 aliphatic rings. The molecule has 2 aliphatic heterocycles. The summed E-state index contributed by atoms with van der Waals surface area (Å²) in [4.78, 5) is 30.3. The van der Waals surface area contributed by atoms with Crippen LogP contribution in [-0.4, -0.2) is 23.5 Å².